The molecule has 0 aromatic heterocycles. The Kier molecular flexibility index (Phi) is 7.57. The molecule has 2 aromatic rings. The first-order valence-corrected chi connectivity index (χ1v) is 8.42. The Bertz CT molecular complexity index is 694. The zero-order valence-corrected chi connectivity index (χ0v) is 15.3. The number of nitrogens with one attached hydrogen (secondary N) is 1. The van der Waals surface area contributed by atoms with Crippen molar-refractivity contribution in [1.29, 1.82) is 0 Å². The normalized spacial score (nSPS) is 10.6. The Morgan fingerprint density at radius 3 is 2.64 bits per heavy atom. The first-order chi connectivity index (χ1) is 12.1. The van der Waals surface area contributed by atoms with Gasteiger partial charge in [0.1, 0.15) is 6.61 Å². The van der Waals surface area contributed by atoms with Gasteiger partial charge in [0.15, 0.2) is 11.5 Å². The van der Waals surface area contributed by atoms with Gasteiger partial charge in [0.25, 0.3) is 0 Å². The van der Waals surface area contributed by atoms with Gasteiger partial charge < -0.3 is 14.8 Å². The zero-order valence-electron chi connectivity index (χ0n) is 14.5. The lowest BCUT2D eigenvalue weighted by Crippen LogP contribution is -2.36. The molecule has 0 unspecified atom stereocenters. The summed E-state index contributed by atoms with van der Waals surface area (Å²) >= 11 is 5.97. The molecule has 0 spiro atoms. The van der Waals surface area contributed by atoms with Crippen molar-refractivity contribution in [3.63, 3.8) is 0 Å². The van der Waals surface area contributed by atoms with E-state index >= 15 is 0 Å². The number of methoxy groups -OCH3 is 1. The van der Waals surface area contributed by atoms with Crippen LogP contribution in [-0.4, -0.2) is 44.7 Å². The molecule has 0 aliphatic heterocycles. The minimum Gasteiger partial charge on any atom is -0.493 e. The van der Waals surface area contributed by atoms with Crippen LogP contribution < -0.4 is 14.8 Å². The first kappa shape index (κ1) is 19.1. The summed E-state index contributed by atoms with van der Waals surface area (Å²) in [5.74, 6) is 1.29. The quantitative estimate of drug-likeness (QED) is 0.697. The lowest BCUT2D eigenvalue weighted by atomic mass is 10.2. The number of hydrogen-bond donors (Lipinski definition) is 1. The fourth-order valence-corrected chi connectivity index (χ4v) is 2.61. The largest absolute Gasteiger partial charge is 0.493 e. The molecule has 6 heteroatoms. The summed E-state index contributed by atoms with van der Waals surface area (Å²) < 4.78 is 10.8. The van der Waals surface area contributed by atoms with Crippen molar-refractivity contribution in [2.75, 3.05) is 33.9 Å². The van der Waals surface area contributed by atoms with Crippen LogP contribution in [0.5, 0.6) is 11.5 Å². The second kappa shape index (κ2) is 9.91. The average Bonchev–Trinajstić information content (AvgIpc) is 2.59. The Labute approximate surface area is 153 Å². The van der Waals surface area contributed by atoms with Crippen LogP contribution in [0.15, 0.2) is 48.5 Å². The van der Waals surface area contributed by atoms with Gasteiger partial charge in [0, 0.05) is 11.6 Å². The highest BCUT2D eigenvalue weighted by molar-refractivity contribution is 6.30. The van der Waals surface area contributed by atoms with Gasteiger partial charge in [-0.2, -0.15) is 0 Å². The minimum absolute atomic E-state index is 0.0480. The van der Waals surface area contributed by atoms with Crippen LogP contribution in [0.2, 0.25) is 5.02 Å². The summed E-state index contributed by atoms with van der Waals surface area (Å²) in [6.07, 6.45) is 0. The number of halogens is 1. The van der Waals surface area contributed by atoms with Gasteiger partial charge in [0.2, 0.25) is 5.91 Å². The van der Waals surface area contributed by atoms with Crippen molar-refractivity contribution >= 4 is 17.5 Å². The van der Waals surface area contributed by atoms with Crippen LogP contribution in [0.1, 0.15) is 5.56 Å². The number of likely N-dealkylation sites (N-methyl/N-ethyl adjacent to an activating group) is 1. The summed E-state index contributed by atoms with van der Waals surface area (Å²) in [5, 5.41) is 3.54. The van der Waals surface area contributed by atoms with Crippen molar-refractivity contribution in [2.24, 2.45) is 0 Å². The van der Waals surface area contributed by atoms with E-state index in [1.807, 2.05) is 60.5 Å². The maximum absolute atomic E-state index is 12.0. The van der Waals surface area contributed by atoms with Gasteiger partial charge in [-0.15, -0.1) is 0 Å². The highest BCUT2D eigenvalue weighted by Crippen LogP contribution is 2.25. The molecule has 0 atom stereocenters. The summed E-state index contributed by atoms with van der Waals surface area (Å²) in [6.45, 7) is 1.78. The molecule has 25 heavy (non-hydrogen) atoms. The minimum atomic E-state index is -0.0480. The number of nitrogens with zero attached hydrogens (tertiary/aromatic N) is 1. The SMILES string of the molecule is COc1ccccc1OCCNC(=O)CN(C)Cc1cccc(Cl)c1. The predicted octanol–water partition coefficient (Wildman–Crippen LogP) is 2.98. The molecule has 134 valence electrons. The number of amides is 1. The number of hydrogen-bond acceptors (Lipinski definition) is 4. The molecule has 0 aliphatic carbocycles. The lowest BCUT2D eigenvalue weighted by Gasteiger charge is -2.16. The molecular formula is C19H23ClN2O3. The van der Waals surface area contributed by atoms with E-state index in [2.05, 4.69) is 5.32 Å². The molecule has 1 N–H and O–H groups in total. The Hall–Kier alpha value is -2.24. The standard InChI is InChI=1S/C19H23ClN2O3/c1-22(13-15-6-5-7-16(20)12-15)14-19(23)21-10-11-25-18-9-4-3-8-17(18)24-2/h3-9,12H,10-11,13-14H2,1-2H3,(H,21,23). The van der Waals surface area contributed by atoms with Gasteiger partial charge in [-0.05, 0) is 36.9 Å². The highest BCUT2D eigenvalue weighted by Gasteiger charge is 2.08. The first-order valence-electron chi connectivity index (χ1n) is 8.04. The molecular weight excluding hydrogens is 340 g/mol. The second-order valence-electron chi connectivity index (χ2n) is 5.65. The summed E-state index contributed by atoms with van der Waals surface area (Å²) in [7, 11) is 3.49. The maximum atomic E-state index is 12.0. The molecule has 0 bridgehead atoms. The van der Waals surface area contributed by atoms with E-state index in [0.29, 0.717) is 42.8 Å². The molecule has 0 heterocycles. The van der Waals surface area contributed by atoms with Crippen LogP contribution in [0, 0.1) is 0 Å². The van der Waals surface area contributed by atoms with Crippen molar-refractivity contribution < 1.29 is 14.3 Å². The monoisotopic (exact) mass is 362 g/mol. The molecule has 0 aliphatic rings. The van der Waals surface area contributed by atoms with Crippen LogP contribution in [0.25, 0.3) is 0 Å². The predicted molar refractivity (Wildman–Crippen MR) is 99.3 cm³/mol. The van der Waals surface area contributed by atoms with E-state index in [4.69, 9.17) is 21.1 Å². The topological polar surface area (TPSA) is 50.8 Å². The smallest absolute Gasteiger partial charge is 0.234 e. The van der Waals surface area contributed by atoms with Crippen LogP contribution >= 0.6 is 11.6 Å². The fraction of sp³-hybridized carbons (Fsp3) is 0.316. The molecule has 2 rings (SSSR count). The highest BCUT2D eigenvalue weighted by atomic mass is 35.5. The van der Waals surface area contributed by atoms with E-state index in [0.717, 1.165) is 5.56 Å². The third-order valence-corrected chi connectivity index (χ3v) is 3.74. The van der Waals surface area contributed by atoms with E-state index in [9.17, 15) is 4.79 Å². The van der Waals surface area contributed by atoms with Gasteiger partial charge in [-0.1, -0.05) is 35.9 Å². The molecule has 0 fully saturated rings. The number of para-hydroxylation sites is 2. The number of ether oxygens (including phenoxy) is 2. The Morgan fingerprint density at radius 1 is 1.16 bits per heavy atom. The lowest BCUT2D eigenvalue weighted by molar-refractivity contribution is -0.122. The van der Waals surface area contributed by atoms with E-state index in [1.54, 1.807) is 7.11 Å². The van der Waals surface area contributed by atoms with Gasteiger partial charge in [0.05, 0.1) is 20.2 Å². The molecule has 5 nitrogen and oxygen atoms in total. The van der Waals surface area contributed by atoms with Crippen molar-refractivity contribution in [3.05, 3.63) is 59.1 Å². The van der Waals surface area contributed by atoms with Gasteiger partial charge in [-0.3, -0.25) is 9.69 Å². The van der Waals surface area contributed by atoms with Crippen molar-refractivity contribution in [2.45, 2.75) is 6.54 Å². The van der Waals surface area contributed by atoms with Crippen molar-refractivity contribution in [1.82, 2.24) is 10.2 Å². The Morgan fingerprint density at radius 2 is 1.92 bits per heavy atom. The molecule has 2 aromatic carbocycles. The molecule has 0 saturated carbocycles. The number of benzene rings is 2. The zero-order chi connectivity index (χ0) is 18.1. The number of carbonyl (C=O) groups excluding carboxylic acids is 1. The third-order valence-electron chi connectivity index (χ3n) is 3.51. The Balaban J connectivity index is 1.68. The third kappa shape index (κ3) is 6.64. The van der Waals surface area contributed by atoms with E-state index < -0.39 is 0 Å². The van der Waals surface area contributed by atoms with E-state index in [-0.39, 0.29) is 5.91 Å². The summed E-state index contributed by atoms with van der Waals surface area (Å²) in [6, 6.07) is 15.0. The summed E-state index contributed by atoms with van der Waals surface area (Å²) in [5.41, 5.74) is 1.07. The van der Waals surface area contributed by atoms with Crippen molar-refractivity contribution in [3.8, 4) is 11.5 Å². The van der Waals surface area contributed by atoms with Gasteiger partial charge in [-0.25, -0.2) is 0 Å². The fourth-order valence-electron chi connectivity index (χ4n) is 2.39. The van der Waals surface area contributed by atoms with E-state index in [1.165, 1.54) is 0 Å². The molecule has 0 saturated heterocycles. The number of rotatable bonds is 9. The van der Waals surface area contributed by atoms with Crippen LogP contribution in [-0.2, 0) is 11.3 Å². The second-order valence-corrected chi connectivity index (χ2v) is 6.09. The van der Waals surface area contributed by atoms with Crippen LogP contribution in [0.4, 0.5) is 0 Å². The molecule has 1 amide bonds. The number of carbonyl (C=O) groups is 1. The molecule has 0 radical (unpaired) electrons. The summed E-state index contributed by atoms with van der Waals surface area (Å²) in [4.78, 5) is 13.9. The van der Waals surface area contributed by atoms with Gasteiger partial charge >= 0.3 is 0 Å². The maximum Gasteiger partial charge on any atom is 0.234 e. The van der Waals surface area contributed by atoms with Crippen LogP contribution in [0.3, 0.4) is 0 Å². The average molecular weight is 363 g/mol.